The van der Waals surface area contributed by atoms with Crippen molar-refractivity contribution in [2.24, 2.45) is 0 Å². The predicted molar refractivity (Wildman–Crippen MR) is 77.3 cm³/mol. The first-order chi connectivity index (χ1) is 9.10. The Morgan fingerprint density at radius 3 is 2.58 bits per heavy atom. The number of anilines is 2. The molecule has 0 aliphatic carbocycles. The lowest BCUT2D eigenvalue weighted by Crippen LogP contribution is -2.35. The molecule has 19 heavy (non-hydrogen) atoms. The number of nitrogens with one attached hydrogen (secondary N) is 3. The lowest BCUT2D eigenvalue weighted by atomic mass is 10.3. The summed E-state index contributed by atoms with van der Waals surface area (Å²) < 4.78 is 0. The lowest BCUT2D eigenvalue weighted by Gasteiger charge is -2.14. The van der Waals surface area contributed by atoms with Crippen LogP contribution in [0.2, 0.25) is 0 Å². The minimum absolute atomic E-state index is 0.0688. The Morgan fingerprint density at radius 1 is 1.32 bits per heavy atom. The monoisotopic (exact) mass is 265 g/mol. The third-order valence-corrected chi connectivity index (χ3v) is 2.61. The smallest absolute Gasteiger partial charge is 0.241 e. The molecule has 106 valence electrons. The number of carbonyl (C=O) groups excluding carboxylic acids is 1. The Balaban J connectivity index is 2.88. The maximum Gasteiger partial charge on any atom is 0.241 e. The van der Waals surface area contributed by atoms with Crippen molar-refractivity contribution in [1.29, 1.82) is 0 Å². The topological polar surface area (TPSA) is 78.9 Å². The van der Waals surface area contributed by atoms with Crippen molar-refractivity contribution in [2.75, 3.05) is 24.2 Å². The fourth-order valence-electron chi connectivity index (χ4n) is 1.68. The molecule has 0 aromatic carbocycles. The van der Waals surface area contributed by atoms with E-state index in [4.69, 9.17) is 0 Å². The molecular weight excluding hydrogens is 242 g/mol. The van der Waals surface area contributed by atoms with Gasteiger partial charge in [0.1, 0.15) is 23.5 Å². The van der Waals surface area contributed by atoms with Gasteiger partial charge in [-0.1, -0.05) is 6.92 Å². The molecule has 1 atom stereocenters. The number of aryl methyl sites for hydroxylation is 1. The van der Waals surface area contributed by atoms with E-state index in [0.29, 0.717) is 5.82 Å². The fourth-order valence-corrected chi connectivity index (χ4v) is 1.68. The van der Waals surface area contributed by atoms with Gasteiger partial charge in [-0.05, 0) is 20.3 Å². The first kappa shape index (κ1) is 15.2. The van der Waals surface area contributed by atoms with Gasteiger partial charge < -0.3 is 16.0 Å². The second-order valence-corrected chi connectivity index (χ2v) is 4.32. The van der Waals surface area contributed by atoms with Crippen molar-refractivity contribution in [3.63, 3.8) is 0 Å². The Bertz CT molecular complexity index is 397. The first-order valence-corrected chi connectivity index (χ1v) is 6.70. The van der Waals surface area contributed by atoms with Gasteiger partial charge in [0.05, 0.1) is 0 Å². The summed E-state index contributed by atoms with van der Waals surface area (Å²) in [6.45, 7) is 6.70. The Morgan fingerprint density at radius 2 is 2.00 bits per heavy atom. The van der Waals surface area contributed by atoms with Crippen molar-refractivity contribution in [2.45, 2.75) is 39.7 Å². The molecule has 0 saturated heterocycles. The summed E-state index contributed by atoms with van der Waals surface area (Å²) in [5.41, 5.74) is 0. The molecule has 1 amide bonds. The molecule has 1 unspecified atom stereocenters. The number of rotatable bonds is 7. The molecule has 3 N–H and O–H groups in total. The van der Waals surface area contributed by atoms with Gasteiger partial charge in [0.15, 0.2) is 0 Å². The van der Waals surface area contributed by atoms with Gasteiger partial charge in [0.2, 0.25) is 5.91 Å². The molecule has 0 aliphatic heterocycles. The highest BCUT2D eigenvalue weighted by Crippen LogP contribution is 2.13. The van der Waals surface area contributed by atoms with E-state index in [0.717, 1.165) is 31.0 Å². The summed E-state index contributed by atoms with van der Waals surface area (Å²) in [4.78, 5) is 20.3. The quantitative estimate of drug-likeness (QED) is 0.694. The molecule has 0 fully saturated rings. The van der Waals surface area contributed by atoms with Crippen LogP contribution in [0.25, 0.3) is 0 Å². The molecule has 1 heterocycles. The molecule has 0 saturated carbocycles. The second kappa shape index (κ2) is 7.56. The Labute approximate surface area is 114 Å². The fraction of sp³-hybridized carbons (Fsp3) is 0.615. The van der Waals surface area contributed by atoms with Crippen LogP contribution in [0.5, 0.6) is 0 Å². The average molecular weight is 265 g/mol. The van der Waals surface area contributed by atoms with Gasteiger partial charge in [0, 0.05) is 26.1 Å². The van der Waals surface area contributed by atoms with E-state index in [1.54, 1.807) is 14.0 Å². The van der Waals surface area contributed by atoms with E-state index in [9.17, 15) is 4.79 Å². The maximum atomic E-state index is 11.5. The van der Waals surface area contributed by atoms with E-state index in [1.165, 1.54) is 0 Å². The van der Waals surface area contributed by atoms with E-state index in [-0.39, 0.29) is 11.9 Å². The van der Waals surface area contributed by atoms with Crippen molar-refractivity contribution in [1.82, 2.24) is 15.3 Å². The normalized spacial score (nSPS) is 11.8. The van der Waals surface area contributed by atoms with Crippen molar-refractivity contribution in [3.8, 4) is 0 Å². The molecule has 1 rings (SSSR count). The van der Waals surface area contributed by atoms with Crippen LogP contribution in [-0.4, -0.2) is 35.5 Å². The van der Waals surface area contributed by atoms with Gasteiger partial charge in [-0.3, -0.25) is 4.79 Å². The summed E-state index contributed by atoms with van der Waals surface area (Å²) >= 11 is 0. The van der Waals surface area contributed by atoms with E-state index in [2.05, 4.69) is 32.8 Å². The summed E-state index contributed by atoms with van der Waals surface area (Å²) in [5.74, 6) is 2.17. The van der Waals surface area contributed by atoms with Gasteiger partial charge in [-0.25, -0.2) is 9.97 Å². The lowest BCUT2D eigenvalue weighted by molar-refractivity contribution is -0.121. The minimum Gasteiger partial charge on any atom is -0.370 e. The van der Waals surface area contributed by atoms with Crippen LogP contribution in [0.15, 0.2) is 6.07 Å². The minimum atomic E-state index is -0.330. The third-order valence-electron chi connectivity index (χ3n) is 2.61. The summed E-state index contributed by atoms with van der Waals surface area (Å²) in [7, 11) is 1.62. The number of likely N-dealkylation sites (N-methyl/N-ethyl adjacent to an activating group) is 1. The van der Waals surface area contributed by atoms with Crippen LogP contribution in [0.4, 0.5) is 11.6 Å². The zero-order valence-corrected chi connectivity index (χ0v) is 12.1. The SMILES string of the molecule is CCCc1nc(NCC)cc(NC(C)C(=O)NC)n1. The number of amides is 1. The molecule has 0 aliphatic rings. The highest BCUT2D eigenvalue weighted by atomic mass is 16.2. The molecule has 0 bridgehead atoms. The molecular formula is C13H23N5O. The number of aromatic nitrogens is 2. The molecule has 1 aromatic heterocycles. The third kappa shape index (κ3) is 4.73. The number of hydrogen-bond acceptors (Lipinski definition) is 5. The van der Waals surface area contributed by atoms with Crippen molar-refractivity contribution in [3.05, 3.63) is 11.9 Å². The second-order valence-electron chi connectivity index (χ2n) is 4.32. The predicted octanol–water partition coefficient (Wildman–Crippen LogP) is 1.41. The molecule has 1 aromatic rings. The molecule has 0 radical (unpaired) electrons. The van der Waals surface area contributed by atoms with Gasteiger partial charge in [-0.2, -0.15) is 0 Å². The number of hydrogen-bond donors (Lipinski definition) is 3. The highest BCUT2D eigenvalue weighted by molar-refractivity contribution is 5.83. The molecule has 6 nitrogen and oxygen atoms in total. The maximum absolute atomic E-state index is 11.5. The van der Waals surface area contributed by atoms with Crippen LogP contribution in [-0.2, 0) is 11.2 Å². The van der Waals surface area contributed by atoms with E-state index < -0.39 is 0 Å². The number of nitrogens with zero attached hydrogens (tertiary/aromatic N) is 2. The highest BCUT2D eigenvalue weighted by Gasteiger charge is 2.12. The van der Waals surface area contributed by atoms with E-state index >= 15 is 0 Å². The van der Waals surface area contributed by atoms with Crippen LogP contribution in [0, 0.1) is 0 Å². The van der Waals surface area contributed by atoms with Gasteiger partial charge >= 0.3 is 0 Å². The first-order valence-electron chi connectivity index (χ1n) is 6.70. The van der Waals surface area contributed by atoms with Gasteiger partial charge in [-0.15, -0.1) is 0 Å². The van der Waals surface area contributed by atoms with Crippen molar-refractivity contribution >= 4 is 17.5 Å². The zero-order chi connectivity index (χ0) is 14.3. The average Bonchev–Trinajstić information content (AvgIpc) is 2.38. The van der Waals surface area contributed by atoms with Crippen LogP contribution in [0.1, 0.15) is 33.0 Å². The Kier molecular flexibility index (Phi) is 6.05. The van der Waals surface area contributed by atoms with Crippen LogP contribution >= 0.6 is 0 Å². The van der Waals surface area contributed by atoms with Crippen molar-refractivity contribution < 1.29 is 4.79 Å². The van der Waals surface area contributed by atoms with E-state index in [1.807, 2.05) is 13.0 Å². The standard InChI is InChI=1S/C13H23N5O/c1-5-7-10-17-11(15-6-2)8-12(18-10)16-9(3)13(19)14-4/h8-9H,5-7H2,1-4H3,(H,14,19)(H2,15,16,17,18). The Hall–Kier alpha value is -1.85. The van der Waals surface area contributed by atoms with Gasteiger partial charge in [0.25, 0.3) is 0 Å². The molecule has 0 spiro atoms. The van der Waals surface area contributed by atoms with Crippen LogP contribution in [0.3, 0.4) is 0 Å². The molecule has 6 heteroatoms. The number of carbonyl (C=O) groups is 1. The summed E-state index contributed by atoms with van der Waals surface area (Å²) in [6.07, 6.45) is 1.81. The summed E-state index contributed by atoms with van der Waals surface area (Å²) in [6, 6.07) is 1.49. The largest absolute Gasteiger partial charge is 0.370 e. The summed E-state index contributed by atoms with van der Waals surface area (Å²) in [5, 5.41) is 8.86. The van der Waals surface area contributed by atoms with Crippen LogP contribution < -0.4 is 16.0 Å². The zero-order valence-electron chi connectivity index (χ0n) is 12.1.